The summed E-state index contributed by atoms with van der Waals surface area (Å²) in [5, 5.41) is 7.54. The van der Waals surface area contributed by atoms with Gasteiger partial charge in [0.1, 0.15) is 0 Å². The van der Waals surface area contributed by atoms with Crippen molar-refractivity contribution in [2.75, 3.05) is 13.6 Å². The van der Waals surface area contributed by atoms with Crippen molar-refractivity contribution in [2.45, 2.75) is 26.0 Å². The predicted octanol–water partition coefficient (Wildman–Crippen LogP) is 0.816. The summed E-state index contributed by atoms with van der Waals surface area (Å²) in [6.45, 7) is 5.71. The van der Waals surface area contributed by atoms with Gasteiger partial charge in [0.05, 0.1) is 6.07 Å². The fraction of sp³-hybridized carbons (Fsp3) is 0.875. The topological polar surface area (TPSA) is 61.2 Å². The Morgan fingerprint density at radius 1 is 1.38 bits per heavy atom. The Bertz CT molecular complexity index is 290. The molecule has 0 bridgehead atoms. The van der Waals surface area contributed by atoms with Crippen LogP contribution in [0.1, 0.15) is 20.8 Å². The van der Waals surface area contributed by atoms with Crippen molar-refractivity contribution in [2.24, 2.45) is 5.92 Å². The maximum Gasteiger partial charge on any atom is 0.229 e. The number of nitriles is 1. The van der Waals surface area contributed by atoms with Gasteiger partial charge in [-0.3, -0.25) is 0 Å². The Morgan fingerprint density at radius 3 is 2.15 bits per heavy atom. The first-order valence-electron chi connectivity index (χ1n) is 4.17. The molecule has 0 fully saturated rings. The van der Waals surface area contributed by atoms with Gasteiger partial charge >= 0.3 is 0 Å². The molecule has 0 N–H and O–H groups in total. The smallest absolute Gasteiger partial charge is 0.211 e. The molecule has 0 saturated carbocycles. The van der Waals surface area contributed by atoms with E-state index in [1.807, 2.05) is 13.8 Å². The lowest BCUT2D eigenvalue weighted by Crippen LogP contribution is -2.36. The van der Waals surface area contributed by atoms with Crippen LogP contribution in [0.15, 0.2) is 0 Å². The highest BCUT2D eigenvalue weighted by Crippen LogP contribution is 2.08. The largest absolute Gasteiger partial charge is 0.229 e. The highest BCUT2D eigenvalue weighted by molar-refractivity contribution is 7.89. The fourth-order valence-electron chi connectivity index (χ4n) is 0.955. The van der Waals surface area contributed by atoms with Gasteiger partial charge in [-0.05, 0) is 12.8 Å². The summed E-state index contributed by atoms with van der Waals surface area (Å²) < 4.78 is 24.2. The minimum Gasteiger partial charge on any atom is -0.211 e. The second-order valence-electron chi connectivity index (χ2n) is 3.49. The first-order valence-corrected chi connectivity index (χ1v) is 5.67. The van der Waals surface area contributed by atoms with E-state index in [2.05, 4.69) is 0 Å². The van der Waals surface area contributed by atoms with Crippen LogP contribution in [0.3, 0.4) is 0 Å². The van der Waals surface area contributed by atoms with Crippen LogP contribution in [-0.2, 0) is 10.0 Å². The Morgan fingerprint density at radius 2 is 1.85 bits per heavy atom. The van der Waals surface area contributed by atoms with Crippen molar-refractivity contribution in [3.63, 3.8) is 0 Å². The van der Waals surface area contributed by atoms with E-state index in [-0.39, 0.29) is 5.92 Å². The van der Waals surface area contributed by atoms with Crippen LogP contribution in [0.4, 0.5) is 0 Å². The van der Waals surface area contributed by atoms with E-state index in [9.17, 15) is 8.42 Å². The number of nitrogens with zero attached hydrogens (tertiary/aromatic N) is 2. The van der Waals surface area contributed by atoms with Gasteiger partial charge in [-0.2, -0.15) is 5.26 Å². The molecule has 0 spiro atoms. The van der Waals surface area contributed by atoms with E-state index in [1.165, 1.54) is 18.3 Å². The van der Waals surface area contributed by atoms with Crippen molar-refractivity contribution in [1.29, 1.82) is 5.26 Å². The maximum absolute atomic E-state index is 11.5. The Balaban J connectivity index is 4.58. The van der Waals surface area contributed by atoms with E-state index in [0.717, 1.165) is 0 Å². The summed E-state index contributed by atoms with van der Waals surface area (Å²) in [4.78, 5) is 0. The summed E-state index contributed by atoms with van der Waals surface area (Å²) >= 11 is 0. The Labute approximate surface area is 80.2 Å². The molecule has 0 aliphatic rings. The molecule has 0 aliphatic heterocycles. The molecule has 76 valence electrons. The molecule has 1 atom stereocenters. The normalized spacial score (nSPS) is 14.5. The Kier molecular flexibility index (Phi) is 4.37. The summed E-state index contributed by atoms with van der Waals surface area (Å²) in [6, 6.07) is 1.73. The number of rotatable bonds is 4. The molecule has 5 heteroatoms. The maximum atomic E-state index is 11.5. The van der Waals surface area contributed by atoms with E-state index in [1.54, 1.807) is 6.07 Å². The molecule has 0 amide bonds. The van der Waals surface area contributed by atoms with Gasteiger partial charge < -0.3 is 0 Å². The van der Waals surface area contributed by atoms with Crippen LogP contribution in [-0.4, -0.2) is 31.6 Å². The van der Waals surface area contributed by atoms with Crippen LogP contribution in [0, 0.1) is 17.2 Å². The summed E-state index contributed by atoms with van der Waals surface area (Å²) in [6.07, 6.45) is 0. The number of sulfonamides is 1. The average Bonchev–Trinajstić information content (AvgIpc) is 2.01. The predicted molar refractivity (Wildman–Crippen MR) is 51.5 cm³/mol. The van der Waals surface area contributed by atoms with Crippen molar-refractivity contribution >= 4 is 10.0 Å². The lowest BCUT2D eigenvalue weighted by Gasteiger charge is -2.19. The van der Waals surface area contributed by atoms with Crippen LogP contribution < -0.4 is 0 Å². The second-order valence-corrected chi connectivity index (χ2v) is 5.85. The van der Waals surface area contributed by atoms with Gasteiger partial charge in [-0.15, -0.1) is 0 Å². The molecule has 1 unspecified atom stereocenters. The first-order chi connectivity index (χ1) is 5.82. The van der Waals surface area contributed by atoms with Crippen LogP contribution in [0.2, 0.25) is 0 Å². The molecule has 0 aromatic rings. The standard InChI is InChI=1S/C8H16N2O2S/c1-7(2)6-10(4)13(11,12)8(3)5-9/h7-8H,6H2,1-4H3. The molecule has 0 aromatic heterocycles. The van der Waals surface area contributed by atoms with Crippen LogP contribution >= 0.6 is 0 Å². The third kappa shape index (κ3) is 3.33. The van der Waals surface area contributed by atoms with E-state index in [0.29, 0.717) is 6.54 Å². The van der Waals surface area contributed by atoms with Crippen molar-refractivity contribution in [3.05, 3.63) is 0 Å². The quantitative estimate of drug-likeness (QED) is 0.681. The zero-order valence-corrected chi connectivity index (χ0v) is 9.30. The van der Waals surface area contributed by atoms with Crippen LogP contribution in [0.25, 0.3) is 0 Å². The molecule has 0 heterocycles. The third-order valence-corrected chi connectivity index (χ3v) is 3.70. The van der Waals surface area contributed by atoms with Crippen LogP contribution in [0.5, 0.6) is 0 Å². The van der Waals surface area contributed by atoms with Gasteiger partial charge in [-0.1, -0.05) is 13.8 Å². The number of hydrogen-bond donors (Lipinski definition) is 0. The Hall–Kier alpha value is -0.600. The monoisotopic (exact) mass is 204 g/mol. The van der Waals surface area contributed by atoms with Gasteiger partial charge in [-0.25, -0.2) is 12.7 Å². The average molecular weight is 204 g/mol. The van der Waals surface area contributed by atoms with Gasteiger partial charge in [0.2, 0.25) is 10.0 Å². The number of hydrogen-bond acceptors (Lipinski definition) is 3. The van der Waals surface area contributed by atoms with Crippen molar-refractivity contribution < 1.29 is 8.42 Å². The molecular weight excluding hydrogens is 188 g/mol. The van der Waals surface area contributed by atoms with E-state index < -0.39 is 15.3 Å². The molecule has 4 nitrogen and oxygen atoms in total. The minimum atomic E-state index is -3.41. The highest BCUT2D eigenvalue weighted by Gasteiger charge is 2.25. The molecule has 0 aliphatic carbocycles. The molecule has 0 rings (SSSR count). The van der Waals surface area contributed by atoms with Crippen molar-refractivity contribution in [3.8, 4) is 6.07 Å². The van der Waals surface area contributed by atoms with Gasteiger partial charge in [0, 0.05) is 13.6 Å². The lowest BCUT2D eigenvalue weighted by molar-refractivity contribution is 0.415. The zero-order chi connectivity index (χ0) is 10.6. The minimum absolute atomic E-state index is 0.269. The highest BCUT2D eigenvalue weighted by atomic mass is 32.2. The first kappa shape index (κ1) is 12.4. The summed E-state index contributed by atoms with van der Waals surface area (Å²) in [5.41, 5.74) is 0. The SMILES string of the molecule is CC(C)CN(C)S(=O)(=O)C(C)C#N. The molecule has 13 heavy (non-hydrogen) atoms. The zero-order valence-electron chi connectivity index (χ0n) is 8.48. The summed E-state index contributed by atoms with van der Waals surface area (Å²) in [7, 11) is -1.91. The molecule has 0 aromatic carbocycles. The second kappa shape index (κ2) is 4.58. The van der Waals surface area contributed by atoms with Gasteiger partial charge in [0.15, 0.2) is 5.25 Å². The molecular formula is C8H16N2O2S. The molecule has 0 saturated heterocycles. The van der Waals surface area contributed by atoms with E-state index >= 15 is 0 Å². The van der Waals surface area contributed by atoms with Crippen molar-refractivity contribution in [1.82, 2.24) is 4.31 Å². The lowest BCUT2D eigenvalue weighted by atomic mass is 10.2. The van der Waals surface area contributed by atoms with E-state index in [4.69, 9.17) is 5.26 Å². The van der Waals surface area contributed by atoms with Gasteiger partial charge in [0.25, 0.3) is 0 Å². The third-order valence-electron chi connectivity index (χ3n) is 1.69. The summed E-state index contributed by atoms with van der Waals surface area (Å²) in [5.74, 6) is 0.269. The molecule has 0 radical (unpaired) electrons. The fourth-order valence-corrected chi connectivity index (χ4v) is 2.13.